The second-order valence-corrected chi connectivity index (χ2v) is 3.77. The van der Waals surface area contributed by atoms with Crippen molar-refractivity contribution in [1.82, 2.24) is 0 Å². The Morgan fingerprint density at radius 1 is 1.46 bits per heavy atom. The van der Waals surface area contributed by atoms with Crippen LogP contribution in [0, 0.1) is 10.8 Å². The molecule has 76 valence electrons. The summed E-state index contributed by atoms with van der Waals surface area (Å²) in [5.41, 5.74) is 11.3. The van der Waals surface area contributed by atoms with Gasteiger partial charge in [0.1, 0.15) is 5.84 Å². The summed E-state index contributed by atoms with van der Waals surface area (Å²) in [7, 11) is 0. The highest BCUT2D eigenvalue weighted by Gasteiger charge is 2.20. The lowest BCUT2D eigenvalue weighted by atomic mass is 9.84. The van der Waals surface area contributed by atoms with Gasteiger partial charge in [0.15, 0.2) is 0 Å². The van der Waals surface area contributed by atoms with Gasteiger partial charge >= 0.3 is 0 Å². The number of nitrogens with one attached hydrogen (secondary N) is 1. The second-order valence-electron chi connectivity index (χ2n) is 3.77. The molecule has 0 aliphatic rings. The van der Waals surface area contributed by atoms with Crippen molar-refractivity contribution in [2.75, 3.05) is 6.61 Å². The Morgan fingerprint density at radius 3 is 2.38 bits per heavy atom. The zero-order chi connectivity index (χ0) is 10.5. The zero-order valence-electron chi connectivity index (χ0n) is 8.30. The van der Waals surface area contributed by atoms with E-state index in [-0.39, 0.29) is 17.9 Å². The third kappa shape index (κ3) is 4.52. The van der Waals surface area contributed by atoms with Gasteiger partial charge in [0.05, 0.1) is 0 Å². The third-order valence-corrected chi connectivity index (χ3v) is 2.05. The molecule has 0 spiro atoms. The predicted octanol–water partition coefficient (Wildman–Crippen LogP) is 0.564. The second kappa shape index (κ2) is 4.87. The fourth-order valence-corrected chi connectivity index (χ4v) is 1.03. The zero-order valence-corrected chi connectivity index (χ0v) is 8.30. The summed E-state index contributed by atoms with van der Waals surface area (Å²) in [6, 6.07) is 0. The summed E-state index contributed by atoms with van der Waals surface area (Å²) in [5.74, 6) is -0.0328. The molecule has 0 aromatic heterocycles. The maximum Gasteiger partial charge on any atom is 0.117 e. The highest BCUT2D eigenvalue weighted by molar-refractivity contribution is 5.89. The SMILES string of the molecule is CC(C)(CCCO)/C(N)=C/C(=N)N. The molecule has 6 N–H and O–H groups in total. The summed E-state index contributed by atoms with van der Waals surface area (Å²) in [6.07, 6.45) is 2.95. The first-order chi connectivity index (χ1) is 5.90. The fourth-order valence-electron chi connectivity index (χ4n) is 1.03. The molecule has 0 unspecified atom stereocenters. The van der Waals surface area contributed by atoms with Crippen LogP contribution in [0.3, 0.4) is 0 Å². The number of aliphatic hydroxyl groups is 1. The minimum Gasteiger partial charge on any atom is -0.401 e. The van der Waals surface area contributed by atoms with Crippen molar-refractivity contribution in [3.05, 3.63) is 11.8 Å². The van der Waals surface area contributed by atoms with Crippen molar-refractivity contribution in [2.45, 2.75) is 26.7 Å². The van der Waals surface area contributed by atoms with Gasteiger partial charge in [-0.25, -0.2) is 0 Å². The van der Waals surface area contributed by atoms with E-state index in [9.17, 15) is 0 Å². The first-order valence-electron chi connectivity index (χ1n) is 4.32. The van der Waals surface area contributed by atoms with E-state index in [0.29, 0.717) is 12.1 Å². The van der Waals surface area contributed by atoms with Crippen molar-refractivity contribution in [1.29, 1.82) is 5.41 Å². The van der Waals surface area contributed by atoms with Crippen LogP contribution < -0.4 is 11.5 Å². The maximum atomic E-state index is 8.67. The van der Waals surface area contributed by atoms with Gasteiger partial charge in [0, 0.05) is 17.7 Å². The molecule has 0 heterocycles. The Balaban J connectivity index is 4.34. The molecule has 0 atom stereocenters. The highest BCUT2D eigenvalue weighted by atomic mass is 16.2. The van der Waals surface area contributed by atoms with E-state index >= 15 is 0 Å². The first kappa shape index (κ1) is 12.0. The predicted molar refractivity (Wildman–Crippen MR) is 54.3 cm³/mol. The van der Waals surface area contributed by atoms with E-state index in [1.807, 2.05) is 13.8 Å². The maximum absolute atomic E-state index is 8.67. The van der Waals surface area contributed by atoms with Crippen molar-refractivity contribution in [2.24, 2.45) is 16.9 Å². The summed E-state index contributed by atoms with van der Waals surface area (Å²) in [6.45, 7) is 4.10. The molecule has 0 aromatic rings. The lowest BCUT2D eigenvalue weighted by Crippen LogP contribution is -2.24. The third-order valence-electron chi connectivity index (χ3n) is 2.05. The van der Waals surface area contributed by atoms with Gasteiger partial charge in [-0.2, -0.15) is 0 Å². The summed E-state index contributed by atoms with van der Waals surface area (Å²) in [4.78, 5) is 0. The van der Waals surface area contributed by atoms with Gasteiger partial charge in [-0.1, -0.05) is 13.8 Å². The van der Waals surface area contributed by atoms with Crippen molar-refractivity contribution >= 4 is 5.84 Å². The van der Waals surface area contributed by atoms with E-state index in [1.54, 1.807) is 0 Å². The summed E-state index contributed by atoms with van der Waals surface area (Å²) in [5, 5.41) is 15.7. The summed E-state index contributed by atoms with van der Waals surface area (Å²) >= 11 is 0. The van der Waals surface area contributed by atoms with Crippen LogP contribution in [-0.4, -0.2) is 17.5 Å². The smallest absolute Gasteiger partial charge is 0.117 e. The molecule has 0 amide bonds. The number of hydrogen-bond donors (Lipinski definition) is 4. The number of nitrogens with two attached hydrogens (primary N) is 2. The monoisotopic (exact) mass is 185 g/mol. The minimum atomic E-state index is -0.200. The Morgan fingerprint density at radius 2 is 2.00 bits per heavy atom. The van der Waals surface area contributed by atoms with E-state index in [4.69, 9.17) is 22.0 Å². The van der Waals surface area contributed by atoms with Gasteiger partial charge in [0.2, 0.25) is 0 Å². The molecular weight excluding hydrogens is 166 g/mol. The van der Waals surface area contributed by atoms with Crippen LogP contribution in [-0.2, 0) is 0 Å². The van der Waals surface area contributed by atoms with Crippen LogP contribution >= 0.6 is 0 Å². The van der Waals surface area contributed by atoms with Crippen LogP contribution in [0.5, 0.6) is 0 Å². The normalized spacial score (nSPS) is 13.0. The molecular formula is C9H19N3O. The van der Waals surface area contributed by atoms with Gasteiger partial charge < -0.3 is 16.6 Å². The Hall–Kier alpha value is -1.03. The standard InChI is InChI=1S/C9H19N3O/c1-9(2,4-3-5-13)7(10)6-8(11)12/h6,13H,3-5,10H2,1-2H3,(H3,11,12)/b7-6-. The lowest BCUT2D eigenvalue weighted by molar-refractivity contribution is 0.257. The average molecular weight is 185 g/mol. The van der Waals surface area contributed by atoms with Crippen molar-refractivity contribution < 1.29 is 5.11 Å². The molecule has 0 aliphatic carbocycles. The van der Waals surface area contributed by atoms with E-state index in [2.05, 4.69) is 0 Å². The van der Waals surface area contributed by atoms with Gasteiger partial charge in [-0.3, -0.25) is 5.41 Å². The molecule has 0 radical (unpaired) electrons. The Bertz CT molecular complexity index is 209. The van der Waals surface area contributed by atoms with E-state index < -0.39 is 0 Å². The molecule has 13 heavy (non-hydrogen) atoms. The van der Waals surface area contributed by atoms with Crippen LogP contribution in [0.2, 0.25) is 0 Å². The summed E-state index contributed by atoms with van der Waals surface area (Å²) < 4.78 is 0. The first-order valence-corrected chi connectivity index (χ1v) is 4.32. The lowest BCUT2D eigenvalue weighted by Gasteiger charge is -2.24. The van der Waals surface area contributed by atoms with Gasteiger partial charge in [-0.15, -0.1) is 0 Å². The molecule has 4 nitrogen and oxygen atoms in total. The van der Waals surface area contributed by atoms with Crippen molar-refractivity contribution in [3.63, 3.8) is 0 Å². The van der Waals surface area contributed by atoms with Crippen LogP contribution in [0.4, 0.5) is 0 Å². The molecule has 0 aromatic carbocycles. The highest BCUT2D eigenvalue weighted by Crippen LogP contribution is 2.27. The molecule has 0 aliphatic heterocycles. The fraction of sp³-hybridized carbons (Fsp3) is 0.667. The largest absolute Gasteiger partial charge is 0.401 e. The Kier molecular flexibility index (Phi) is 4.48. The average Bonchev–Trinajstić information content (AvgIpc) is 1.99. The Labute approximate surface area is 79.1 Å². The molecule has 0 fully saturated rings. The van der Waals surface area contributed by atoms with Gasteiger partial charge in [-0.05, 0) is 18.9 Å². The number of hydrogen-bond acceptors (Lipinski definition) is 3. The molecule has 4 heteroatoms. The van der Waals surface area contributed by atoms with E-state index in [1.165, 1.54) is 6.08 Å². The van der Waals surface area contributed by atoms with Crippen molar-refractivity contribution in [3.8, 4) is 0 Å². The van der Waals surface area contributed by atoms with Crippen LogP contribution in [0.25, 0.3) is 0 Å². The number of rotatable bonds is 5. The van der Waals surface area contributed by atoms with Crippen LogP contribution in [0.15, 0.2) is 11.8 Å². The van der Waals surface area contributed by atoms with E-state index in [0.717, 1.165) is 6.42 Å². The topological polar surface area (TPSA) is 96.1 Å². The molecule has 0 rings (SSSR count). The molecule has 0 saturated heterocycles. The minimum absolute atomic E-state index is 0.0328. The number of aliphatic hydroxyl groups excluding tert-OH is 1. The van der Waals surface area contributed by atoms with Crippen LogP contribution in [0.1, 0.15) is 26.7 Å². The molecule has 0 bridgehead atoms. The number of allylic oxidation sites excluding steroid dienone is 1. The number of amidine groups is 1. The quantitative estimate of drug-likeness (QED) is 0.372. The molecule has 0 saturated carbocycles. The van der Waals surface area contributed by atoms with Gasteiger partial charge in [0.25, 0.3) is 0 Å².